The van der Waals surface area contributed by atoms with E-state index in [2.05, 4.69) is 51.5 Å². The molecular weight excluding hydrogens is 276 g/mol. The van der Waals surface area contributed by atoms with Gasteiger partial charge in [0.05, 0.1) is 18.4 Å². The second-order valence-corrected chi connectivity index (χ2v) is 6.56. The first-order chi connectivity index (χ1) is 10.5. The Bertz CT molecular complexity index is 626. The molecule has 1 aliphatic heterocycles. The largest absolute Gasteiger partial charge is 0.328 e. The van der Waals surface area contributed by atoms with Crippen LogP contribution in [0.3, 0.4) is 0 Å². The summed E-state index contributed by atoms with van der Waals surface area (Å²) >= 11 is 0. The third-order valence-electron chi connectivity index (χ3n) is 4.48. The summed E-state index contributed by atoms with van der Waals surface area (Å²) < 4.78 is 4.25. The highest BCUT2D eigenvalue weighted by Crippen LogP contribution is 2.17. The van der Waals surface area contributed by atoms with E-state index >= 15 is 0 Å². The van der Waals surface area contributed by atoms with Gasteiger partial charge in [0.1, 0.15) is 5.82 Å². The average molecular weight is 302 g/mol. The van der Waals surface area contributed by atoms with Crippen LogP contribution in [0.1, 0.15) is 30.9 Å². The van der Waals surface area contributed by atoms with E-state index in [1.165, 1.54) is 17.1 Å². The Morgan fingerprint density at radius 3 is 2.77 bits per heavy atom. The summed E-state index contributed by atoms with van der Waals surface area (Å²) in [5.41, 5.74) is 2.59. The second kappa shape index (κ2) is 6.22. The Morgan fingerprint density at radius 2 is 2.09 bits per heavy atom. The van der Waals surface area contributed by atoms with Gasteiger partial charge < -0.3 is 4.57 Å². The number of aryl methyl sites for hydroxylation is 1. The Kier molecular flexibility index (Phi) is 4.31. The fraction of sp³-hybridized carbons (Fsp3) is 0.625. The van der Waals surface area contributed by atoms with Crippen molar-refractivity contribution in [2.75, 3.05) is 13.6 Å². The average Bonchev–Trinajstić information content (AvgIpc) is 3.05. The number of fused-ring (bicyclic) bond motifs is 1. The number of hydrogen-bond acceptors (Lipinski definition) is 4. The summed E-state index contributed by atoms with van der Waals surface area (Å²) in [7, 11) is 4.13. The third-order valence-corrected chi connectivity index (χ3v) is 4.48. The smallest absolute Gasteiger partial charge is 0.123 e. The van der Waals surface area contributed by atoms with Crippen LogP contribution >= 0.6 is 0 Å². The van der Waals surface area contributed by atoms with Crippen LogP contribution in [0.25, 0.3) is 0 Å². The van der Waals surface area contributed by atoms with E-state index in [0.29, 0.717) is 6.04 Å². The molecular formula is C16H26N6. The summed E-state index contributed by atoms with van der Waals surface area (Å²) in [6, 6.07) is 0.553. The molecule has 0 radical (unpaired) electrons. The van der Waals surface area contributed by atoms with E-state index in [0.717, 1.165) is 32.7 Å². The van der Waals surface area contributed by atoms with Crippen molar-refractivity contribution in [3.05, 3.63) is 35.7 Å². The van der Waals surface area contributed by atoms with Gasteiger partial charge in [0, 0.05) is 57.2 Å². The molecule has 0 saturated heterocycles. The van der Waals surface area contributed by atoms with Crippen LogP contribution in [-0.2, 0) is 33.2 Å². The van der Waals surface area contributed by atoms with Gasteiger partial charge in [-0.05, 0) is 20.9 Å². The molecule has 1 aliphatic rings. The van der Waals surface area contributed by atoms with Gasteiger partial charge in [-0.25, -0.2) is 4.98 Å². The Hall–Kier alpha value is -1.66. The fourth-order valence-electron chi connectivity index (χ4n) is 2.88. The van der Waals surface area contributed by atoms with E-state index in [9.17, 15) is 0 Å². The van der Waals surface area contributed by atoms with E-state index in [4.69, 9.17) is 0 Å². The van der Waals surface area contributed by atoms with Gasteiger partial charge in [0.2, 0.25) is 0 Å². The standard InChI is InChI=1S/C16H26N6/c1-13(2)19(3)11-15-8-17-16-12-21(5-6-22(15)16)10-14-7-18-20(4)9-14/h7-9,13H,5-6,10-12H2,1-4H3. The molecule has 0 spiro atoms. The van der Waals surface area contributed by atoms with Crippen LogP contribution in [0, 0.1) is 0 Å². The third kappa shape index (κ3) is 3.23. The van der Waals surface area contributed by atoms with E-state index in [-0.39, 0.29) is 0 Å². The van der Waals surface area contributed by atoms with Crippen molar-refractivity contribution in [3.63, 3.8) is 0 Å². The number of imidazole rings is 1. The van der Waals surface area contributed by atoms with Crippen LogP contribution < -0.4 is 0 Å². The van der Waals surface area contributed by atoms with Crippen molar-refractivity contribution >= 4 is 0 Å². The highest BCUT2D eigenvalue weighted by atomic mass is 15.3. The van der Waals surface area contributed by atoms with Gasteiger partial charge >= 0.3 is 0 Å². The molecule has 3 rings (SSSR count). The van der Waals surface area contributed by atoms with E-state index in [1.54, 1.807) is 0 Å². The minimum atomic E-state index is 0.553. The number of aromatic nitrogens is 4. The van der Waals surface area contributed by atoms with Crippen molar-refractivity contribution in [1.82, 2.24) is 29.1 Å². The molecule has 22 heavy (non-hydrogen) atoms. The summed E-state index contributed by atoms with van der Waals surface area (Å²) in [5, 5.41) is 4.24. The van der Waals surface area contributed by atoms with E-state index < -0.39 is 0 Å². The Labute approximate surface area is 132 Å². The minimum Gasteiger partial charge on any atom is -0.328 e. The SMILES string of the molecule is CC(C)N(C)Cc1cnc2n1CCN(Cc1cnn(C)c1)C2. The molecule has 2 aromatic heterocycles. The molecule has 120 valence electrons. The van der Waals surface area contributed by atoms with Crippen LogP contribution in [-0.4, -0.2) is 48.8 Å². The van der Waals surface area contributed by atoms with E-state index in [1.807, 2.05) is 24.1 Å². The van der Waals surface area contributed by atoms with Crippen LogP contribution in [0.15, 0.2) is 18.6 Å². The summed E-state index contributed by atoms with van der Waals surface area (Å²) in [4.78, 5) is 9.43. The molecule has 0 aliphatic carbocycles. The molecule has 0 atom stereocenters. The molecule has 2 aromatic rings. The summed E-state index contributed by atoms with van der Waals surface area (Å²) in [6.07, 6.45) is 6.08. The normalized spacial score (nSPS) is 15.7. The molecule has 0 fully saturated rings. The van der Waals surface area contributed by atoms with Gasteiger partial charge in [-0.2, -0.15) is 5.10 Å². The van der Waals surface area contributed by atoms with Gasteiger partial charge in [-0.3, -0.25) is 14.5 Å². The molecule has 0 bridgehead atoms. The molecule has 6 heteroatoms. The van der Waals surface area contributed by atoms with Gasteiger partial charge in [0.25, 0.3) is 0 Å². The highest BCUT2D eigenvalue weighted by molar-refractivity contribution is 5.09. The maximum Gasteiger partial charge on any atom is 0.123 e. The van der Waals surface area contributed by atoms with Crippen LogP contribution in [0.2, 0.25) is 0 Å². The molecule has 0 N–H and O–H groups in total. The molecule has 0 aromatic carbocycles. The first-order valence-electron chi connectivity index (χ1n) is 7.96. The van der Waals surface area contributed by atoms with Crippen molar-refractivity contribution in [1.29, 1.82) is 0 Å². The number of hydrogen-bond donors (Lipinski definition) is 0. The monoisotopic (exact) mass is 302 g/mol. The number of rotatable bonds is 5. The predicted molar refractivity (Wildman–Crippen MR) is 86.2 cm³/mol. The predicted octanol–water partition coefficient (Wildman–Crippen LogP) is 1.47. The minimum absolute atomic E-state index is 0.553. The lowest BCUT2D eigenvalue weighted by atomic mass is 10.2. The first kappa shape index (κ1) is 15.2. The van der Waals surface area contributed by atoms with Gasteiger partial charge in [-0.1, -0.05) is 0 Å². The van der Waals surface area contributed by atoms with Crippen molar-refractivity contribution in [2.45, 2.75) is 46.1 Å². The van der Waals surface area contributed by atoms with Crippen molar-refractivity contribution < 1.29 is 0 Å². The van der Waals surface area contributed by atoms with Crippen molar-refractivity contribution in [3.8, 4) is 0 Å². The van der Waals surface area contributed by atoms with Crippen molar-refractivity contribution in [2.24, 2.45) is 7.05 Å². The van der Waals surface area contributed by atoms with Crippen LogP contribution in [0.5, 0.6) is 0 Å². The lowest BCUT2D eigenvalue weighted by molar-refractivity contribution is 0.201. The van der Waals surface area contributed by atoms with Gasteiger partial charge in [-0.15, -0.1) is 0 Å². The maximum atomic E-state index is 4.64. The maximum absolute atomic E-state index is 4.64. The topological polar surface area (TPSA) is 42.1 Å². The lowest BCUT2D eigenvalue weighted by Crippen LogP contribution is -2.35. The molecule has 3 heterocycles. The number of nitrogens with zero attached hydrogens (tertiary/aromatic N) is 6. The summed E-state index contributed by atoms with van der Waals surface area (Å²) in [6.45, 7) is 9.37. The molecule has 0 unspecified atom stereocenters. The highest BCUT2D eigenvalue weighted by Gasteiger charge is 2.21. The zero-order chi connectivity index (χ0) is 15.7. The lowest BCUT2D eigenvalue weighted by Gasteiger charge is -2.29. The molecule has 0 saturated carbocycles. The van der Waals surface area contributed by atoms with Gasteiger partial charge in [0.15, 0.2) is 0 Å². The zero-order valence-electron chi connectivity index (χ0n) is 14.0. The Balaban J connectivity index is 1.65. The molecule has 6 nitrogen and oxygen atoms in total. The van der Waals surface area contributed by atoms with Crippen LogP contribution in [0.4, 0.5) is 0 Å². The quantitative estimate of drug-likeness (QED) is 0.839. The Morgan fingerprint density at radius 1 is 1.27 bits per heavy atom. The first-order valence-corrected chi connectivity index (χ1v) is 7.96. The second-order valence-electron chi connectivity index (χ2n) is 6.56. The fourth-order valence-corrected chi connectivity index (χ4v) is 2.88. The summed E-state index contributed by atoms with van der Waals surface area (Å²) in [5.74, 6) is 1.18. The zero-order valence-corrected chi connectivity index (χ0v) is 14.0. The molecule has 0 amide bonds.